The lowest BCUT2D eigenvalue weighted by Crippen LogP contribution is -2.36. The largest absolute Gasteiger partial charge is 0.372 e. The zero-order valence-electron chi connectivity index (χ0n) is 14.7. The van der Waals surface area contributed by atoms with Crippen molar-refractivity contribution < 1.29 is 4.79 Å². The Morgan fingerprint density at radius 3 is 2.60 bits per heavy atom. The smallest absolute Gasteiger partial charge is 0.251 e. The number of hydrogen-bond donors (Lipinski definition) is 1. The number of benzene rings is 2. The number of nitrogens with one attached hydrogen (secondary N) is 1. The second-order valence-corrected chi connectivity index (χ2v) is 7.28. The molecule has 0 radical (unpaired) electrons. The highest BCUT2D eigenvalue weighted by Crippen LogP contribution is 2.23. The van der Waals surface area contributed by atoms with Crippen molar-refractivity contribution in [3.8, 4) is 0 Å². The molecule has 0 aromatic heterocycles. The van der Waals surface area contributed by atoms with Crippen molar-refractivity contribution in [3.63, 3.8) is 0 Å². The first-order valence-corrected chi connectivity index (χ1v) is 9.52. The van der Waals surface area contributed by atoms with Gasteiger partial charge in [-0.2, -0.15) is 0 Å². The molecule has 1 unspecified atom stereocenters. The number of rotatable bonds is 3. The van der Waals surface area contributed by atoms with Crippen LogP contribution in [0.1, 0.15) is 47.2 Å². The molecule has 1 amide bonds. The fraction of sp³-hybridized carbons (Fsp3) is 0.409. The molecule has 0 bridgehead atoms. The molecule has 3 heteroatoms. The van der Waals surface area contributed by atoms with Crippen molar-refractivity contribution in [2.45, 2.75) is 44.6 Å². The molecule has 1 saturated heterocycles. The third kappa shape index (κ3) is 3.71. The van der Waals surface area contributed by atoms with E-state index in [1.165, 1.54) is 29.7 Å². The van der Waals surface area contributed by atoms with E-state index in [-0.39, 0.29) is 11.9 Å². The molecule has 1 fully saturated rings. The second-order valence-electron chi connectivity index (χ2n) is 7.28. The molecule has 1 heterocycles. The normalized spacial score (nSPS) is 20.0. The molecule has 1 N–H and O–H groups in total. The highest BCUT2D eigenvalue weighted by Gasteiger charge is 2.20. The summed E-state index contributed by atoms with van der Waals surface area (Å²) in [7, 11) is 0. The summed E-state index contributed by atoms with van der Waals surface area (Å²) in [5.41, 5.74) is 4.78. The molecule has 1 aliphatic carbocycles. The first kappa shape index (κ1) is 16.2. The van der Waals surface area contributed by atoms with Gasteiger partial charge in [0.25, 0.3) is 5.91 Å². The molecule has 3 nitrogen and oxygen atoms in total. The maximum Gasteiger partial charge on any atom is 0.251 e. The van der Waals surface area contributed by atoms with Crippen LogP contribution in [0.25, 0.3) is 0 Å². The minimum absolute atomic E-state index is 0.0606. The maximum atomic E-state index is 12.8. The van der Waals surface area contributed by atoms with E-state index in [4.69, 9.17) is 0 Å². The first-order valence-electron chi connectivity index (χ1n) is 9.52. The van der Waals surface area contributed by atoms with Gasteiger partial charge in [-0.25, -0.2) is 0 Å². The third-order valence-electron chi connectivity index (χ3n) is 5.50. The standard InChI is InChI=1S/C22H26N2O/c25-22(19-10-6-12-21(16-19)24-13-3-4-14-24)23-20-11-5-9-17-7-1-2-8-18(17)15-20/h1-2,6-8,10,12,16,20H,3-5,9,11,13-15H2,(H,23,25). The number of fused-ring (bicyclic) bond motifs is 1. The summed E-state index contributed by atoms with van der Waals surface area (Å²) in [6.45, 7) is 2.20. The average Bonchev–Trinajstić information content (AvgIpc) is 3.10. The molecular weight excluding hydrogens is 308 g/mol. The maximum absolute atomic E-state index is 12.8. The van der Waals surface area contributed by atoms with E-state index in [0.29, 0.717) is 0 Å². The Kier molecular flexibility index (Phi) is 4.73. The van der Waals surface area contributed by atoms with Crippen molar-refractivity contribution in [2.24, 2.45) is 0 Å². The van der Waals surface area contributed by atoms with E-state index in [1.54, 1.807) is 0 Å². The van der Waals surface area contributed by atoms with Crippen molar-refractivity contribution in [1.82, 2.24) is 5.32 Å². The number of amides is 1. The summed E-state index contributed by atoms with van der Waals surface area (Å²) in [5.74, 6) is 0.0606. The minimum Gasteiger partial charge on any atom is -0.372 e. The van der Waals surface area contributed by atoms with Gasteiger partial charge in [0.15, 0.2) is 0 Å². The van der Waals surface area contributed by atoms with E-state index < -0.39 is 0 Å². The van der Waals surface area contributed by atoms with Gasteiger partial charge in [0.2, 0.25) is 0 Å². The van der Waals surface area contributed by atoms with E-state index in [0.717, 1.165) is 44.3 Å². The van der Waals surface area contributed by atoms with Gasteiger partial charge in [-0.1, -0.05) is 30.3 Å². The van der Waals surface area contributed by atoms with E-state index >= 15 is 0 Å². The zero-order chi connectivity index (χ0) is 17.1. The lowest BCUT2D eigenvalue weighted by molar-refractivity contribution is 0.0935. The van der Waals surface area contributed by atoms with E-state index in [2.05, 4.69) is 40.5 Å². The summed E-state index contributed by atoms with van der Waals surface area (Å²) >= 11 is 0. The number of hydrogen-bond acceptors (Lipinski definition) is 2. The Bertz CT molecular complexity index is 749. The molecule has 2 aromatic carbocycles. The van der Waals surface area contributed by atoms with Crippen molar-refractivity contribution in [1.29, 1.82) is 0 Å². The molecule has 130 valence electrons. The van der Waals surface area contributed by atoms with E-state index in [1.807, 2.05) is 18.2 Å². The Labute approximate surface area is 150 Å². The number of nitrogens with zero attached hydrogens (tertiary/aromatic N) is 1. The second kappa shape index (κ2) is 7.30. The first-order chi connectivity index (χ1) is 12.3. The Hall–Kier alpha value is -2.29. The van der Waals surface area contributed by atoms with Crippen LogP contribution in [0.5, 0.6) is 0 Å². The van der Waals surface area contributed by atoms with Crippen LogP contribution >= 0.6 is 0 Å². The van der Waals surface area contributed by atoms with Gasteiger partial charge in [-0.3, -0.25) is 4.79 Å². The Morgan fingerprint density at radius 2 is 1.76 bits per heavy atom. The molecule has 2 aliphatic rings. The monoisotopic (exact) mass is 334 g/mol. The van der Waals surface area contributed by atoms with Crippen LogP contribution in [0, 0.1) is 0 Å². The SMILES string of the molecule is O=C(NC1CCCc2ccccc2C1)c1cccc(N2CCCC2)c1. The molecule has 2 aromatic rings. The summed E-state index contributed by atoms with van der Waals surface area (Å²) in [6, 6.07) is 17.0. The predicted molar refractivity (Wildman–Crippen MR) is 102 cm³/mol. The number of carbonyl (C=O) groups is 1. The molecule has 1 atom stereocenters. The number of carbonyl (C=O) groups excluding carboxylic acids is 1. The van der Waals surface area contributed by atoms with Gasteiger partial charge in [0.05, 0.1) is 0 Å². The van der Waals surface area contributed by atoms with Crippen molar-refractivity contribution in [3.05, 3.63) is 65.2 Å². The van der Waals surface area contributed by atoms with Crippen LogP contribution in [0.4, 0.5) is 5.69 Å². The Balaban J connectivity index is 1.46. The van der Waals surface area contributed by atoms with Gasteiger partial charge in [-0.15, -0.1) is 0 Å². The van der Waals surface area contributed by atoms with Gasteiger partial charge < -0.3 is 10.2 Å². The zero-order valence-corrected chi connectivity index (χ0v) is 14.7. The van der Waals surface area contributed by atoms with Gasteiger partial charge in [0.1, 0.15) is 0 Å². The van der Waals surface area contributed by atoms with Gasteiger partial charge >= 0.3 is 0 Å². The fourth-order valence-corrected chi connectivity index (χ4v) is 4.12. The summed E-state index contributed by atoms with van der Waals surface area (Å²) in [5, 5.41) is 3.28. The molecule has 1 aliphatic heterocycles. The lowest BCUT2D eigenvalue weighted by Gasteiger charge is -2.20. The summed E-state index contributed by atoms with van der Waals surface area (Å²) < 4.78 is 0. The summed E-state index contributed by atoms with van der Waals surface area (Å²) in [4.78, 5) is 15.1. The highest BCUT2D eigenvalue weighted by atomic mass is 16.1. The molecule has 4 rings (SSSR count). The van der Waals surface area contributed by atoms with Crippen LogP contribution in [-0.2, 0) is 12.8 Å². The quantitative estimate of drug-likeness (QED) is 0.862. The van der Waals surface area contributed by atoms with Crippen molar-refractivity contribution in [2.75, 3.05) is 18.0 Å². The number of anilines is 1. The fourth-order valence-electron chi connectivity index (χ4n) is 4.12. The molecule has 25 heavy (non-hydrogen) atoms. The van der Waals surface area contributed by atoms with Crippen LogP contribution in [0.15, 0.2) is 48.5 Å². The topological polar surface area (TPSA) is 32.3 Å². The van der Waals surface area contributed by atoms with Crippen LogP contribution < -0.4 is 10.2 Å². The lowest BCUT2D eigenvalue weighted by atomic mass is 10.0. The van der Waals surface area contributed by atoms with Crippen LogP contribution in [-0.4, -0.2) is 25.0 Å². The molecule has 0 spiro atoms. The molecular formula is C22H26N2O. The predicted octanol–water partition coefficient (Wildman–Crippen LogP) is 3.96. The minimum atomic E-state index is 0.0606. The number of aryl methyl sites for hydroxylation is 1. The third-order valence-corrected chi connectivity index (χ3v) is 5.50. The van der Waals surface area contributed by atoms with Crippen molar-refractivity contribution >= 4 is 11.6 Å². The summed E-state index contributed by atoms with van der Waals surface area (Å²) in [6.07, 6.45) is 6.73. The molecule has 0 saturated carbocycles. The van der Waals surface area contributed by atoms with Gasteiger partial charge in [0, 0.05) is 30.4 Å². The van der Waals surface area contributed by atoms with Crippen LogP contribution in [0.3, 0.4) is 0 Å². The highest BCUT2D eigenvalue weighted by molar-refractivity contribution is 5.95. The average molecular weight is 334 g/mol. The Morgan fingerprint density at radius 1 is 0.960 bits per heavy atom. The van der Waals surface area contributed by atoms with Gasteiger partial charge in [-0.05, 0) is 67.9 Å². The van der Waals surface area contributed by atoms with E-state index in [9.17, 15) is 4.79 Å². The van der Waals surface area contributed by atoms with Crippen LogP contribution in [0.2, 0.25) is 0 Å².